The van der Waals surface area contributed by atoms with Gasteiger partial charge in [-0.3, -0.25) is 9.69 Å². The highest BCUT2D eigenvalue weighted by Gasteiger charge is 2.44. The first-order chi connectivity index (χ1) is 13.2. The molecule has 4 nitrogen and oxygen atoms in total. The molecule has 0 atom stereocenters. The number of nitrogens with zero attached hydrogens (tertiary/aromatic N) is 1. The zero-order chi connectivity index (χ0) is 19.1. The number of aryl methyl sites for hydroxylation is 1. The van der Waals surface area contributed by atoms with Gasteiger partial charge in [0.05, 0.1) is 12.0 Å². The van der Waals surface area contributed by atoms with Crippen LogP contribution in [-0.4, -0.2) is 43.7 Å². The van der Waals surface area contributed by atoms with Gasteiger partial charge in [0.2, 0.25) is 0 Å². The van der Waals surface area contributed by atoms with Crippen LogP contribution in [0.2, 0.25) is 0 Å². The average Bonchev–Trinajstić information content (AvgIpc) is 2.71. The fourth-order valence-electron chi connectivity index (χ4n) is 3.80. The van der Waals surface area contributed by atoms with Gasteiger partial charge in [-0.1, -0.05) is 48.5 Å². The number of hydrogen-bond acceptors (Lipinski definition) is 4. The lowest BCUT2D eigenvalue weighted by Gasteiger charge is -2.40. The molecule has 0 N–H and O–H groups in total. The number of ether oxygens (including phenoxy) is 2. The van der Waals surface area contributed by atoms with Gasteiger partial charge in [0.25, 0.3) is 0 Å². The van der Waals surface area contributed by atoms with Crippen molar-refractivity contribution in [2.24, 2.45) is 0 Å². The molecular formula is C23H30BrNO3. The molecule has 28 heavy (non-hydrogen) atoms. The van der Waals surface area contributed by atoms with E-state index in [2.05, 4.69) is 17.9 Å². The number of benzene rings is 2. The fourth-order valence-corrected chi connectivity index (χ4v) is 3.80. The topological polar surface area (TPSA) is 38.8 Å². The van der Waals surface area contributed by atoms with Crippen LogP contribution in [-0.2, 0) is 14.9 Å². The summed E-state index contributed by atoms with van der Waals surface area (Å²) in [6.45, 7) is 7.60. The van der Waals surface area contributed by atoms with Crippen molar-refractivity contribution in [1.82, 2.24) is 4.90 Å². The van der Waals surface area contributed by atoms with Gasteiger partial charge in [0, 0.05) is 6.54 Å². The normalized spacial score (nSPS) is 16.1. The molecule has 0 bridgehead atoms. The van der Waals surface area contributed by atoms with Crippen molar-refractivity contribution in [2.45, 2.75) is 32.1 Å². The quantitative estimate of drug-likeness (QED) is 0.583. The summed E-state index contributed by atoms with van der Waals surface area (Å²) in [4.78, 5) is 15.2. The summed E-state index contributed by atoms with van der Waals surface area (Å²) in [5, 5.41) is 0. The minimum Gasteiger partial charge on any atom is -0.492 e. The Morgan fingerprint density at radius 2 is 1.68 bits per heavy atom. The molecule has 0 amide bonds. The Morgan fingerprint density at radius 1 is 1.04 bits per heavy atom. The van der Waals surface area contributed by atoms with Gasteiger partial charge in [-0.15, -0.1) is 17.0 Å². The molecule has 0 aliphatic carbocycles. The van der Waals surface area contributed by atoms with Crippen LogP contribution < -0.4 is 4.74 Å². The molecule has 1 aliphatic rings. The minimum absolute atomic E-state index is 0. The number of esters is 1. The largest absolute Gasteiger partial charge is 0.492 e. The van der Waals surface area contributed by atoms with Crippen LogP contribution in [0.25, 0.3) is 0 Å². The summed E-state index contributed by atoms with van der Waals surface area (Å²) >= 11 is 0. The van der Waals surface area contributed by atoms with Crippen LogP contribution in [0.3, 0.4) is 0 Å². The number of piperidine rings is 1. The van der Waals surface area contributed by atoms with Crippen LogP contribution >= 0.6 is 17.0 Å². The van der Waals surface area contributed by atoms with Crippen molar-refractivity contribution >= 4 is 23.0 Å². The second-order valence-corrected chi connectivity index (χ2v) is 7.12. The Balaban J connectivity index is 0.00000280. The van der Waals surface area contributed by atoms with Gasteiger partial charge in [0.1, 0.15) is 12.4 Å². The number of rotatable bonds is 7. The smallest absolute Gasteiger partial charge is 0.316 e. The van der Waals surface area contributed by atoms with E-state index in [9.17, 15) is 4.79 Å². The van der Waals surface area contributed by atoms with Gasteiger partial charge in [-0.2, -0.15) is 0 Å². The highest BCUT2D eigenvalue weighted by molar-refractivity contribution is 8.93. The summed E-state index contributed by atoms with van der Waals surface area (Å²) in [6, 6.07) is 18.2. The van der Waals surface area contributed by atoms with E-state index >= 15 is 0 Å². The number of carbonyl (C=O) groups excluding carboxylic acids is 1. The average molecular weight is 448 g/mol. The molecule has 0 spiro atoms. The Labute approximate surface area is 178 Å². The predicted molar refractivity (Wildman–Crippen MR) is 117 cm³/mol. The standard InChI is InChI=1S/C23H29NO3.BrH/c1-3-26-22(25)23(20-10-5-4-6-11-20)13-15-24(16-14-23)17-18-27-21-12-8-7-9-19(21)2;/h4-12H,3,13-18H2,1-2H3;1H. The number of likely N-dealkylation sites (tertiary alicyclic amines) is 1. The molecule has 0 unspecified atom stereocenters. The third-order valence-electron chi connectivity index (χ3n) is 5.46. The summed E-state index contributed by atoms with van der Waals surface area (Å²) in [5.74, 6) is 0.853. The molecule has 1 saturated heterocycles. The first-order valence-electron chi connectivity index (χ1n) is 9.79. The van der Waals surface area contributed by atoms with Crippen molar-refractivity contribution in [2.75, 3.05) is 32.8 Å². The number of carbonyl (C=O) groups is 1. The van der Waals surface area contributed by atoms with Crippen molar-refractivity contribution in [3.63, 3.8) is 0 Å². The van der Waals surface area contributed by atoms with Crippen LogP contribution in [0, 0.1) is 6.92 Å². The lowest BCUT2D eigenvalue weighted by molar-refractivity contribution is -0.152. The van der Waals surface area contributed by atoms with E-state index < -0.39 is 5.41 Å². The zero-order valence-corrected chi connectivity index (χ0v) is 18.4. The number of hydrogen-bond donors (Lipinski definition) is 0. The second kappa shape index (κ2) is 10.6. The molecular weight excluding hydrogens is 418 g/mol. The molecule has 0 radical (unpaired) electrons. The fraction of sp³-hybridized carbons (Fsp3) is 0.435. The van der Waals surface area contributed by atoms with E-state index in [0.717, 1.165) is 49.4 Å². The SMILES string of the molecule is Br.CCOC(=O)C1(c2ccccc2)CCN(CCOc2ccccc2C)CC1. The van der Waals surface area contributed by atoms with Crippen molar-refractivity contribution in [3.05, 3.63) is 65.7 Å². The molecule has 2 aromatic carbocycles. The van der Waals surface area contributed by atoms with E-state index in [1.807, 2.05) is 55.5 Å². The molecule has 152 valence electrons. The highest BCUT2D eigenvalue weighted by Crippen LogP contribution is 2.36. The molecule has 1 fully saturated rings. The molecule has 1 aliphatic heterocycles. The third kappa shape index (κ3) is 5.15. The van der Waals surface area contributed by atoms with Crippen molar-refractivity contribution in [1.29, 1.82) is 0 Å². The van der Waals surface area contributed by atoms with Crippen LogP contribution in [0.4, 0.5) is 0 Å². The molecule has 5 heteroatoms. The Bertz CT molecular complexity index is 743. The van der Waals surface area contributed by atoms with Gasteiger partial charge in [0.15, 0.2) is 0 Å². The van der Waals surface area contributed by atoms with E-state index in [-0.39, 0.29) is 23.0 Å². The van der Waals surface area contributed by atoms with Crippen LogP contribution in [0.15, 0.2) is 54.6 Å². The molecule has 1 heterocycles. The van der Waals surface area contributed by atoms with Gasteiger partial charge in [-0.25, -0.2) is 0 Å². The van der Waals surface area contributed by atoms with E-state index in [1.165, 1.54) is 0 Å². The monoisotopic (exact) mass is 447 g/mol. The first kappa shape index (κ1) is 22.4. The van der Waals surface area contributed by atoms with E-state index in [0.29, 0.717) is 13.2 Å². The number of para-hydroxylation sites is 1. The van der Waals surface area contributed by atoms with Gasteiger partial charge >= 0.3 is 5.97 Å². The second-order valence-electron chi connectivity index (χ2n) is 7.12. The third-order valence-corrected chi connectivity index (χ3v) is 5.46. The summed E-state index contributed by atoms with van der Waals surface area (Å²) in [7, 11) is 0. The predicted octanol–water partition coefficient (Wildman–Crippen LogP) is 4.55. The molecule has 2 aromatic rings. The number of halogens is 1. The van der Waals surface area contributed by atoms with E-state index in [4.69, 9.17) is 9.47 Å². The van der Waals surface area contributed by atoms with Crippen LogP contribution in [0.5, 0.6) is 5.75 Å². The lowest BCUT2D eigenvalue weighted by atomic mass is 9.72. The summed E-state index contributed by atoms with van der Waals surface area (Å²) in [5.41, 5.74) is 1.70. The summed E-state index contributed by atoms with van der Waals surface area (Å²) in [6.07, 6.45) is 1.56. The highest BCUT2D eigenvalue weighted by atomic mass is 79.9. The van der Waals surface area contributed by atoms with Gasteiger partial charge < -0.3 is 9.47 Å². The van der Waals surface area contributed by atoms with Crippen molar-refractivity contribution in [3.8, 4) is 5.75 Å². The van der Waals surface area contributed by atoms with Crippen molar-refractivity contribution < 1.29 is 14.3 Å². The van der Waals surface area contributed by atoms with Crippen LogP contribution in [0.1, 0.15) is 30.9 Å². The van der Waals surface area contributed by atoms with E-state index in [1.54, 1.807) is 0 Å². The molecule has 0 saturated carbocycles. The zero-order valence-electron chi connectivity index (χ0n) is 16.7. The minimum atomic E-state index is -0.523. The Hall–Kier alpha value is -1.85. The Kier molecular flexibility index (Phi) is 8.52. The maximum absolute atomic E-state index is 12.8. The molecule has 3 rings (SSSR count). The first-order valence-corrected chi connectivity index (χ1v) is 9.79. The molecule has 0 aromatic heterocycles. The lowest BCUT2D eigenvalue weighted by Crippen LogP contribution is -2.48. The summed E-state index contributed by atoms with van der Waals surface area (Å²) < 4.78 is 11.4. The van der Waals surface area contributed by atoms with Gasteiger partial charge in [-0.05, 0) is 57.0 Å². The maximum atomic E-state index is 12.8. The maximum Gasteiger partial charge on any atom is 0.316 e. The Morgan fingerprint density at radius 3 is 2.32 bits per heavy atom.